The first kappa shape index (κ1) is 65.5. The fourth-order valence-electron chi connectivity index (χ4n) is 8.08. The van der Waals surface area contributed by atoms with Crippen molar-refractivity contribution < 1.29 is 115 Å². The van der Waals surface area contributed by atoms with Crippen molar-refractivity contribution in [2.24, 2.45) is 0 Å². The second-order valence-electron chi connectivity index (χ2n) is 16.9. The highest BCUT2D eigenvalue weighted by Gasteiger charge is 2.28. The number of benzene rings is 5. The number of esters is 4. The fraction of sp³-hybridized carbons (Fsp3) is 0.571. The number of aliphatic hydroxyl groups is 4. The molecule has 444 valence electrons. The van der Waals surface area contributed by atoms with Crippen LogP contribution in [0, 0.1) is 0 Å². The topological polar surface area (TPSA) is 297 Å². The summed E-state index contributed by atoms with van der Waals surface area (Å²) in [6, 6.07) is 13.1. The van der Waals surface area contributed by atoms with Crippen LogP contribution in [0.15, 0.2) is 48.5 Å². The number of carbonyl (C=O) groups excluding carboxylic acids is 4. The predicted molar refractivity (Wildman–Crippen MR) is 287 cm³/mol. The van der Waals surface area contributed by atoms with E-state index in [-0.39, 0.29) is 192 Å². The lowest BCUT2D eigenvalue weighted by Crippen LogP contribution is -2.17. The molecule has 0 amide bonds. The quantitative estimate of drug-likeness (QED) is 0.0143. The molecule has 0 radical (unpaired) electrons. The van der Waals surface area contributed by atoms with Crippen LogP contribution in [-0.2, 0) is 75.8 Å². The Morgan fingerprint density at radius 3 is 0.562 bits per heavy atom. The molecule has 5 rings (SSSR count). The van der Waals surface area contributed by atoms with Crippen molar-refractivity contribution in [3.63, 3.8) is 0 Å². The largest absolute Gasteiger partial charge is 0.460 e. The van der Waals surface area contributed by atoms with Gasteiger partial charge in [-0.15, -0.1) is 0 Å². The van der Waals surface area contributed by atoms with Crippen LogP contribution in [0.1, 0.15) is 41.4 Å². The lowest BCUT2D eigenvalue weighted by atomic mass is 9.84. The van der Waals surface area contributed by atoms with Gasteiger partial charge < -0.3 is 96.2 Å². The third-order valence-corrected chi connectivity index (χ3v) is 11.5. The van der Waals surface area contributed by atoms with E-state index in [2.05, 4.69) is 0 Å². The van der Waals surface area contributed by atoms with Crippen LogP contribution in [0.2, 0.25) is 0 Å². The molecule has 0 aromatic heterocycles. The molecule has 0 atom stereocenters. The van der Waals surface area contributed by atoms with Gasteiger partial charge in [0, 0.05) is 10.8 Å². The Bertz CT molecular complexity index is 2220. The van der Waals surface area contributed by atoms with Crippen molar-refractivity contribution >= 4 is 67.0 Å². The summed E-state index contributed by atoms with van der Waals surface area (Å²) in [4.78, 5) is 56.4. The van der Waals surface area contributed by atoms with Gasteiger partial charge in [0.1, 0.15) is 26.4 Å². The first-order valence-electron chi connectivity index (χ1n) is 26.6. The number of fused-ring (bicyclic) bond motifs is 2. The van der Waals surface area contributed by atoms with Crippen molar-refractivity contribution in [1.29, 1.82) is 0 Å². The molecule has 0 spiro atoms. The lowest BCUT2D eigenvalue weighted by molar-refractivity contribution is -0.00336. The maximum Gasteiger partial charge on any atom is 0.338 e. The Balaban J connectivity index is 1.41. The molecular weight excluding hydrogens is 1060 g/mol. The molecule has 80 heavy (non-hydrogen) atoms. The minimum Gasteiger partial charge on any atom is -0.460 e. The normalized spacial score (nSPS) is 11.7. The summed E-state index contributed by atoms with van der Waals surface area (Å²) in [5.41, 5.74) is 0.285. The molecule has 5 aromatic carbocycles. The van der Waals surface area contributed by atoms with E-state index in [4.69, 9.17) is 96.2 Å². The van der Waals surface area contributed by atoms with E-state index in [1.54, 1.807) is 48.5 Å². The van der Waals surface area contributed by atoms with Gasteiger partial charge in [-0.1, -0.05) is 24.3 Å². The van der Waals surface area contributed by atoms with E-state index in [0.29, 0.717) is 85.2 Å². The fourth-order valence-corrected chi connectivity index (χ4v) is 8.08. The van der Waals surface area contributed by atoms with Gasteiger partial charge in [0.15, 0.2) is 0 Å². The van der Waals surface area contributed by atoms with E-state index in [1.807, 2.05) is 0 Å². The zero-order valence-corrected chi connectivity index (χ0v) is 45.2. The standard InChI is InChI=1S/C56H76O24/c57-9-13-65-17-21-69-25-29-73-33-37-77-53(61)45-5-1-41-42-2-6-47(55(63)79-39-35-75-31-27-71-23-19-67-15-11-59)52-48(56(64)80-40-36-76-32-28-72-24-20-68-16-12-60)8-4-44(50(42)52)43-3-7-46(51(45)49(41)43)54(62)78-38-34-74-30-26-70-22-18-66-14-10-58/h1-8,57-60H,9-40H2. The SMILES string of the molecule is O=C(OCCOCCOCCOCCO)c1ccc2c3ccc(C(=O)OCCOCCOCCOCCO)c4c(C(=O)OCCOCCOCCOCCO)ccc(c5ccc(C(=O)OCCOCCOCCOCCO)c1c25)c43. The molecule has 0 heterocycles. The maximum atomic E-state index is 14.1. The highest BCUT2D eigenvalue weighted by Crippen LogP contribution is 2.44. The summed E-state index contributed by atoms with van der Waals surface area (Å²) in [5, 5.41) is 39.2. The van der Waals surface area contributed by atoms with Crippen LogP contribution in [0.5, 0.6) is 0 Å². The van der Waals surface area contributed by atoms with E-state index < -0.39 is 23.9 Å². The Morgan fingerprint density at radius 2 is 0.388 bits per heavy atom. The summed E-state index contributed by atoms with van der Waals surface area (Å²) >= 11 is 0. The Morgan fingerprint density at radius 1 is 0.225 bits per heavy atom. The van der Waals surface area contributed by atoms with Crippen LogP contribution in [-0.4, -0.2) is 256 Å². The minimum atomic E-state index is -0.735. The van der Waals surface area contributed by atoms with Gasteiger partial charge in [0.25, 0.3) is 0 Å². The number of aliphatic hydroxyl groups excluding tert-OH is 4. The molecule has 24 nitrogen and oxygen atoms in total. The molecule has 0 saturated heterocycles. The Hall–Kier alpha value is -5.36. The van der Waals surface area contributed by atoms with Gasteiger partial charge in [0.2, 0.25) is 0 Å². The second-order valence-corrected chi connectivity index (χ2v) is 16.9. The summed E-state index contributed by atoms with van der Waals surface area (Å²) < 4.78 is 87.8. The zero-order valence-electron chi connectivity index (χ0n) is 45.2. The van der Waals surface area contributed by atoms with Crippen molar-refractivity contribution in [2.45, 2.75) is 0 Å². The third kappa shape index (κ3) is 21.8. The minimum absolute atomic E-state index is 0.0522. The van der Waals surface area contributed by atoms with Gasteiger partial charge in [-0.25, -0.2) is 19.2 Å². The van der Waals surface area contributed by atoms with Crippen LogP contribution in [0.3, 0.4) is 0 Å². The van der Waals surface area contributed by atoms with Crippen molar-refractivity contribution in [3.8, 4) is 0 Å². The van der Waals surface area contributed by atoms with Crippen molar-refractivity contribution in [2.75, 3.05) is 211 Å². The highest BCUT2D eigenvalue weighted by atomic mass is 16.6. The first-order chi connectivity index (χ1) is 39.4. The Kier molecular flexibility index (Phi) is 32.7. The molecule has 0 unspecified atom stereocenters. The molecule has 4 N–H and O–H groups in total. The second kappa shape index (κ2) is 39.9. The average Bonchev–Trinajstić information content (AvgIpc) is 3.48. The molecule has 0 aliphatic carbocycles. The summed E-state index contributed by atoms with van der Waals surface area (Å²) in [5.74, 6) is -2.94. The van der Waals surface area contributed by atoms with Crippen LogP contribution < -0.4 is 0 Å². The Labute approximate surface area is 463 Å². The highest BCUT2D eigenvalue weighted by molar-refractivity contribution is 6.38. The van der Waals surface area contributed by atoms with Crippen LogP contribution in [0.4, 0.5) is 0 Å². The molecule has 0 aliphatic heterocycles. The van der Waals surface area contributed by atoms with Crippen LogP contribution >= 0.6 is 0 Å². The van der Waals surface area contributed by atoms with Crippen LogP contribution in [0.25, 0.3) is 43.1 Å². The molecule has 5 aromatic rings. The number of rotatable bonds is 48. The van der Waals surface area contributed by atoms with E-state index in [0.717, 1.165) is 0 Å². The third-order valence-electron chi connectivity index (χ3n) is 11.5. The van der Waals surface area contributed by atoms with Gasteiger partial charge in [-0.05, 0) is 56.6 Å². The zero-order chi connectivity index (χ0) is 56.8. The smallest absolute Gasteiger partial charge is 0.338 e. The predicted octanol–water partition coefficient (Wildman–Crippen LogP) is 2.53. The van der Waals surface area contributed by atoms with Crippen molar-refractivity contribution in [3.05, 3.63) is 70.8 Å². The molecule has 0 aliphatic rings. The number of hydrogen-bond acceptors (Lipinski definition) is 24. The van der Waals surface area contributed by atoms with E-state index in [9.17, 15) is 19.2 Å². The molecular formula is C56H76O24. The van der Waals surface area contributed by atoms with E-state index in [1.165, 1.54) is 0 Å². The monoisotopic (exact) mass is 1130 g/mol. The first-order valence-corrected chi connectivity index (χ1v) is 26.6. The maximum absolute atomic E-state index is 14.1. The number of ether oxygens (including phenoxy) is 16. The molecule has 0 bridgehead atoms. The summed E-state index contributed by atoms with van der Waals surface area (Å²) in [6.45, 7) is 4.80. The van der Waals surface area contributed by atoms with E-state index >= 15 is 0 Å². The summed E-state index contributed by atoms with van der Waals surface area (Å²) in [7, 11) is 0. The number of hydrogen-bond donors (Lipinski definition) is 4. The van der Waals surface area contributed by atoms with Gasteiger partial charge >= 0.3 is 23.9 Å². The van der Waals surface area contributed by atoms with Gasteiger partial charge in [-0.2, -0.15) is 0 Å². The lowest BCUT2D eigenvalue weighted by Gasteiger charge is -2.20. The average molecular weight is 1130 g/mol. The summed E-state index contributed by atoms with van der Waals surface area (Å²) in [6.07, 6.45) is 0. The van der Waals surface area contributed by atoms with Gasteiger partial charge in [0.05, 0.1) is 207 Å². The molecule has 0 fully saturated rings. The molecule has 24 heteroatoms. The number of carbonyl (C=O) groups is 4. The van der Waals surface area contributed by atoms with Crippen molar-refractivity contribution in [1.82, 2.24) is 0 Å². The van der Waals surface area contributed by atoms with Gasteiger partial charge in [-0.3, -0.25) is 0 Å². The molecule has 0 saturated carbocycles.